The first-order valence-electron chi connectivity index (χ1n) is 7.16. The van der Waals surface area contributed by atoms with E-state index < -0.39 is 0 Å². The molecule has 0 radical (unpaired) electrons. The summed E-state index contributed by atoms with van der Waals surface area (Å²) in [4.78, 5) is 7.90. The standard InChI is InChI=1S/C17H18N4O/c1-2-8-22-17(21-13-18)15-9-16(12-19-11-15)20-10-14-6-4-3-5-7-14/h3-7,9,11-12,20H,2,8,10H2,1H3. The number of pyridine rings is 1. The van der Waals surface area contributed by atoms with Crippen molar-refractivity contribution in [3.05, 3.63) is 59.9 Å². The summed E-state index contributed by atoms with van der Waals surface area (Å²) in [5.74, 6) is 0.306. The van der Waals surface area contributed by atoms with Gasteiger partial charge in [0.15, 0.2) is 0 Å². The zero-order chi connectivity index (χ0) is 15.6. The summed E-state index contributed by atoms with van der Waals surface area (Å²) in [6, 6.07) is 12.0. The molecule has 22 heavy (non-hydrogen) atoms. The zero-order valence-electron chi connectivity index (χ0n) is 12.5. The lowest BCUT2D eigenvalue weighted by Crippen LogP contribution is -2.09. The van der Waals surface area contributed by atoms with Gasteiger partial charge in [-0.15, -0.1) is 4.99 Å². The molecular weight excluding hydrogens is 276 g/mol. The highest BCUT2D eigenvalue weighted by atomic mass is 16.5. The van der Waals surface area contributed by atoms with E-state index >= 15 is 0 Å². The molecule has 5 heteroatoms. The van der Waals surface area contributed by atoms with Gasteiger partial charge in [-0.25, -0.2) is 0 Å². The minimum absolute atomic E-state index is 0.306. The fourth-order valence-electron chi connectivity index (χ4n) is 1.88. The normalized spacial score (nSPS) is 10.8. The Bertz CT molecular complexity index is 662. The van der Waals surface area contributed by atoms with Gasteiger partial charge in [-0.2, -0.15) is 5.26 Å². The third-order valence-electron chi connectivity index (χ3n) is 2.92. The van der Waals surface area contributed by atoms with E-state index in [1.165, 1.54) is 5.56 Å². The number of rotatable bonds is 6. The molecule has 0 atom stereocenters. The van der Waals surface area contributed by atoms with Crippen LogP contribution in [0.15, 0.2) is 53.8 Å². The molecule has 0 amide bonds. The lowest BCUT2D eigenvalue weighted by Gasteiger charge is -2.10. The van der Waals surface area contributed by atoms with Crippen molar-refractivity contribution in [2.24, 2.45) is 4.99 Å². The van der Waals surface area contributed by atoms with Gasteiger partial charge in [0.25, 0.3) is 0 Å². The largest absolute Gasteiger partial charge is 0.477 e. The summed E-state index contributed by atoms with van der Waals surface area (Å²) in [5.41, 5.74) is 2.72. The van der Waals surface area contributed by atoms with Crippen LogP contribution in [0.1, 0.15) is 24.5 Å². The Morgan fingerprint density at radius 3 is 2.86 bits per heavy atom. The van der Waals surface area contributed by atoms with Crippen molar-refractivity contribution in [1.29, 1.82) is 5.26 Å². The predicted molar refractivity (Wildman–Crippen MR) is 86.4 cm³/mol. The molecule has 0 bridgehead atoms. The van der Waals surface area contributed by atoms with Gasteiger partial charge in [0, 0.05) is 18.9 Å². The Labute approximate surface area is 130 Å². The maximum Gasteiger partial charge on any atom is 0.233 e. The van der Waals surface area contributed by atoms with Crippen molar-refractivity contribution in [3.8, 4) is 6.19 Å². The summed E-state index contributed by atoms with van der Waals surface area (Å²) < 4.78 is 5.50. The number of aromatic nitrogens is 1. The van der Waals surface area contributed by atoms with Crippen LogP contribution in [0.3, 0.4) is 0 Å². The molecule has 1 heterocycles. The minimum atomic E-state index is 0.306. The average Bonchev–Trinajstić information content (AvgIpc) is 2.58. The van der Waals surface area contributed by atoms with Crippen LogP contribution in [-0.4, -0.2) is 17.5 Å². The molecule has 0 spiro atoms. The first-order chi connectivity index (χ1) is 10.8. The molecule has 0 aliphatic carbocycles. The summed E-state index contributed by atoms with van der Waals surface area (Å²) in [7, 11) is 0. The number of nitrogens with zero attached hydrogens (tertiary/aromatic N) is 3. The van der Waals surface area contributed by atoms with Gasteiger partial charge in [0.2, 0.25) is 12.1 Å². The van der Waals surface area contributed by atoms with Crippen LogP contribution in [0.4, 0.5) is 5.69 Å². The van der Waals surface area contributed by atoms with Crippen LogP contribution in [-0.2, 0) is 11.3 Å². The number of benzene rings is 1. The quantitative estimate of drug-likeness (QED) is 0.504. The van der Waals surface area contributed by atoms with Gasteiger partial charge in [0.1, 0.15) is 0 Å². The van der Waals surface area contributed by atoms with Crippen molar-refractivity contribution < 1.29 is 4.74 Å². The molecule has 112 valence electrons. The fraction of sp³-hybridized carbons (Fsp3) is 0.235. The Kier molecular flexibility index (Phi) is 5.94. The van der Waals surface area contributed by atoms with Gasteiger partial charge in [-0.05, 0) is 18.1 Å². The number of hydrogen-bond donors (Lipinski definition) is 1. The molecule has 0 aliphatic rings. The van der Waals surface area contributed by atoms with Crippen molar-refractivity contribution in [2.75, 3.05) is 11.9 Å². The second kappa shape index (κ2) is 8.42. The maximum atomic E-state index is 8.77. The number of aliphatic imine (C=N–C) groups is 1. The number of anilines is 1. The smallest absolute Gasteiger partial charge is 0.233 e. The first kappa shape index (κ1) is 15.5. The average molecular weight is 294 g/mol. The Hall–Kier alpha value is -2.87. The number of nitriles is 1. The molecule has 5 nitrogen and oxygen atoms in total. The van der Waals surface area contributed by atoms with E-state index in [1.54, 1.807) is 18.6 Å². The van der Waals surface area contributed by atoms with Gasteiger partial charge in [-0.1, -0.05) is 37.3 Å². The molecule has 0 fully saturated rings. The van der Waals surface area contributed by atoms with E-state index in [-0.39, 0.29) is 0 Å². The van der Waals surface area contributed by atoms with E-state index in [0.29, 0.717) is 24.6 Å². The van der Waals surface area contributed by atoms with Gasteiger partial charge >= 0.3 is 0 Å². The van der Waals surface area contributed by atoms with Crippen molar-refractivity contribution in [2.45, 2.75) is 19.9 Å². The predicted octanol–water partition coefficient (Wildman–Crippen LogP) is 3.35. The molecule has 0 saturated carbocycles. The topological polar surface area (TPSA) is 70.3 Å². The van der Waals surface area contributed by atoms with Gasteiger partial charge < -0.3 is 10.1 Å². The molecule has 0 unspecified atom stereocenters. The first-order valence-corrected chi connectivity index (χ1v) is 7.16. The highest BCUT2D eigenvalue weighted by molar-refractivity contribution is 5.95. The lowest BCUT2D eigenvalue weighted by molar-refractivity contribution is 0.306. The SMILES string of the molecule is CCCOC(=NC#N)c1cncc(NCc2ccccc2)c1. The minimum Gasteiger partial charge on any atom is -0.477 e. The highest BCUT2D eigenvalue weighted by Gasteiger charge is 2.07. The molecular formula is C17H18N4O. The van der Waals surface area contributed by atoms with Crippen LogP contribution in [0, 0.1) is 11.5 Å². The van der Waals surface area contributed by atoms with Crippen molar-refractivity contribution in [1.82, 2.24) is 4.98 Å². The van der Waals surface area contributed by atoms with Crippen LogP contribution in [0.25, 0.3) is 0 Å². The van der Waals surface area contributed by atoms with E-state index in [9.17, 15) is 0 Å². The molecule has 0 aliphatic heterocycles. The molecule has 1 N–H and O–H groups in total. The third kappa shape index (κ3) is 4.60. The fourth-order valence-corrected chi connectivity index (χ4v) is 1.88. The number of ether oxygens (including phenoxy) is 1. The Morgan fingerprint density at radius 2 is 2.14 bits per heavy atom. The van der Waals surface area contributed by atoms with Crippen LogP contribution in [0.5, 0.6) is 0 Å². The van der Waals surface area contributed by atoms with Crippen LogP contribution >= 0.6 is 0 Å². The lowest BCUT2D eigenvalue weighted by atomic mass is 10.2. The molecule has 2 rings (SSSR count). The summed E-state index contributed by atoms with van der Waals surface area (Å²) in [6.07, 6.45) is 5.99. The molecule has 1 aromatic heterocycles. The third-order valence-corrected chi connectivity index (χ3v) is 2.92. The number of hydrogen-bond acceptors (Lipinski definition) is 5. The Balaban J connectivity index is 2.08. The summed E-state index contributed by atoms with van der Waals surface area (Å²) in [5, 5.41) is 12.1. The second-order valence-electron chi connectivity index (χ2n) is 4.67. The molecule has 1 aromatic carbocycles. The maximum absolute atomic E-state index is 8.77. The molecule has 0 saturated heterocycles. The second-order valence-corrected chi connectivity index (χ2v) is 4.67. The Morgan fingerprint density at radius 1 is 1.32 bits per heavy atom. The zero-order valence-corrected chi connectivity index (χ0v) is 12.5. The number of nitrogens with one attached hydrogen (secondary N) is 1. The van der Waals surface area contributed by atoms with E-state index in [1.807, 2.05) is 31.2 Å². The van der Waals surface area contributed by atoms with Crippen molar-refractivity contribution >= 4 is 11.6 Å². The highest BCUT2D eigenvalue weighted by Crippen LogP contribution is 2.12. The van der Waals surface area contributed by atoms with Crippen LogP contribution in [0.2, 0.25) is 0 Å². The monoisotopic (exact) mass is 294 g/mol. The van der Waals surface area contributed by atoms with E-state index in [0.717, 1.165) is 12.1 Å². The molecule has 2 aromatic rings. The van der Waals surface area contributed by atoms with Gasteiger partial charge in [-0.3, -0.25) is 4.98 Å². The summed E-state index contributed by atoms with van der Waals surface area (Å²) >= 11 is 0. The van der Waals surface area contributed by atoms with E-state index in [4.69, 9.17) is 10.00 Å². The van der Waals surface area contributed by atoms with Crippen LogP contribution < -0.4 is 5.32 Å². The van der Waals surface area contributed by atoms with Crippen molar-refractivity contribution in [3.63, 3.8) is 0 Å². The van der Waals surface area contributed by atoms with E-state index in [2.05, 4.69) is 27.4 Å². The van der Waals surface area contributed by atoms with Gasteiger partial charge in [0.05, 0.1) is 17.9 Å². The summed E-state index contributed by atoms with van der Waals surface area (Å²) in [6.45, 7) is 3.22.